The largest absolute Gasteiger partial charge is 0.454 e. The van der Waals surface area contributed by atoms with Gasteiger partial charge in [-0.15, -0.1) is 11.3 Å². The van der Waals surface area contributed by atoms with Gasteiger partial charge in [-0.1, -0.05) is 0 Å². The Hall–Kier alpha value is -2.21. The number of benzene rings is 1. The second-order valence-electron chi connectivity index (χ2n) is 5.53. The summed E-state index contributed by atoms with van der Waals surface area (Å²) in [6.45, 7) is 0.188. The van der Waals surface area contributed by atoms with Crippen molar-refractivity contribution in [2.45, 2.75) is 25.2 Å². The first kappa shape index (κ1) is 13.5. The lowest BCUT2D eigenvalue weighted by atomic mass is 9.87. The molecule has 1 aromatic carbocycles. The van der Waals surface area contributed by atoms with Crippen molar-refractivity contribution < 1.29 is 14.3 Å². The minimum absolute atomic E-state index is 0.00934. The molecule has 5 nitrogen and oxygen atoms in total. The van der Waals surface area contributed by atoms with E-state index in [0.717, 1.165) is 24.8 Å². The number of nitrogen functional groups attached to an aromatic ring is 1. The molecule has 2 aliphatic rings. The van der Waals surface area contributed by atoms with Crippen LogP contribution in [0.15, 0.2) is 23.6 Å². The quantitative estimate of drug-likeness (QED) is 0.835. The van der Waals surface area contributed by atoms with E-state index in [0.29, 0.717) is 22.9 Å². The van der Waals surface area contributed by atoms with Crippen LogP contribution in [0.3, 0.4) is 0 Å². The van der Waals surface area contributed by atoms with Crippen molar-refractivity contribution in [1.82, 2.24) is 0 Å². The molecule has 0 saturated heterocycles. The topological polar surface area (TPSA) is 73.6 Å². The first-order valence-electron chi connectivity index (χ1n) is 7.28. The molecule has 1 unspecified atom stereocenters. The minimum Gasteiger partial charge on any atom is -0.454 e. The van der Waals surface area contributed by atoms with Crippen molar-refractivity contribution in [1.29, 1.82) is 0 Å². The maximum atomic E-state index is 12.6. The van der Waals surface area contributed by atoms with E-state index in [2.05, 4.69) is 16.8 Å². The van der Waals surface area contributed by atoms with Gasteiger partial charge in [0.25, 0.3) is 0 Å². The summed E-state index contributed by atoms with van der Waals surface area (Å²) < 4.78 is 10.6. The third-order valence-corrected chi connectivity index (χ3v) is 5.17. The zero-order valence-corrected chi connectivity index (χ0v) is 12.7. The number of fused-ring (bicyclic) bond motifs is 2. The Morgan fingerprint density at radius 1 is 1.32 bits per heavy atom. The van der Waals surface area contributed by atoms with Gasteiger partial charge in [0.15, 0.2) is 11.5 Å². The molecule has 0 bridgehead atoms. The highest BCUT2D eigenvalue weighted by atomic mass is 32.1. The van der Waals surface area contributed by atoms with Gasteiger partial charge < -0.3 is 20.5 Å². The number of nitrogens with one attached hydrogen (secondary N) is 1. The van der Waals surface area contributed by atoms with Crippen molar-refractivity contribution in [2.24, 2.45) is 0 Å². The van der Waals surface area contributed by atoms with E-state index >= 15 is 0 Å². The summed E-state index contributed by atoms with van der Waals surface area (Å²) in [4.78, 5) is 14.0. The molecule has 1 aromatic heterocycles. The molecule has 2 heterocycles. The first-order chi connectivity index (χ1) is 10.7. The van der Waals surface area contributed by atoms with Crippen LogP contribution in [0.4, 0.5) is 11.4 Å². The Labute approximate surface area is 132 Å². The van der Waals surface area contributed by atoms with Crippen LogP contribution in [0.1, 0.15) is 29.2 Å². The van der Waals surface area contributed by atoms with Crippen molar-refractivity contribution >= 4 is 28.6 Å². The van der Waals surface area contributed by atoms with Crippen LogP contribution < -0.4 is 20.5 Å². The standard InChI is InChI=1S/C16H16N2O3S/c17-11-6-13-14(21-8-20-13)7-12(11)18-16(19)10-2-1-3-15-9(10)4-5-22-15/h4-7,10H,1-3,8,17H2,(H,18,19). The van der Waals surface area contributed by atoms with Gasteiger partial charge in [-0.3, -0.25) is 4.79 Å². The van der Waals surface area contributed by atoms with Crippen LogP contribution in [0, 0.1) is 0 Å². The Morgan fingerprint density at radius 2 is 2.14 bits per heavy atom. The predicted octanol–water partition coefficient (Wildman–Crippen LogP) is 3.12. The number of rotatable bonds is 2. The molecule has 3 N–H and O–H groups in total. The van der Waals surface area contributed by atoms with Crippen molar-refractivity contribution in [3.8, 4) is 11.5 Å². The molecule has 6 heteroatoms. The van der Waals surface area contributed by atoms with Crippen molar-refractivity contribution in [3.05, 3.63) is 34.0 Å². The van der Waals surface area contributed by atoms with Crippen LogP contribution in [0.5, 0.6) is 11.5 Å². The smallest absolute Gasteiger partial charge is 0.232 e. The summed E-state index contributed by atoms with van der Waals surface area (Å²) in [7, 11) is 0. The van der Waals surface area contributed by atoms with Crippen LogP contribution in [0.2, 0.25) is 0 Å². The monoisotopic (exact) mass is 316 g/mol. The van der Waals surface area contributed by atoms with E-state index < -0.39 is 0 Å². The van der Waals surface area contributed by atoms with E-state index in [1.165, 1.54) is 4.88 Å². The van der Waals surface area contributed by atoms with Gasteiger partial charge >= 0.3 is 0 Å². The molecular formula is C16H16N2O3S. The Bertz CT molecular complexity index is 741. The van der Waals surface area contributed by atoms with E-state index in [-0.39, 0.29) is 18.6 Å². The Kier molecular flexibility index (Phi) is 3.18. The maximum absolute atomic E-state index is 12.6. The Morgan fingerprint density at radius 3 is 3.00 bits per heavy atom. The average Bonchev–Trinajstić information content (AvgIpc) is 3.15. The van der Waals surface area contributed by atoms with E-state index in [4.69, 9.17) is 15.2 Å². The van der Waals surface area contributed by atoms with Crippen LogP contribution in [0.25, 0.3) is 0 Å². The fourth-order valence-electron chi connectivity index (χ4n) is 3.04. The van der Waals surface area contributed by atoms with Crippen LogP contribution >= 0.6 is 11.3 Å². The molecule has 22 heavy (non-hydrogen) atoms. The summed E-state index contributed by atoms with van der Waals surface area (Å²) in [5.41, 5.74) is 8.22. The van der Waals surface area contributed by atoms with Crippen molar-refractivity contribution in [2.75, 3.05) is 17.8 Å². The molecule has 2 aromatic rings. The third kappa shape index (κ3) is 2.20. The molecule has 1 amide bonds. The summed E-state index contributed by atoms with van der Waals surface area (Å²) >= 11 is 1.73. The van der Waals surface area contributed by atoms with E-state index in [9.17, 15) is 4.79 Å². The zero-order chi connectivity index (χ0) is 15.1. The number of aryl methyl sites for hydroxylation is 1. The maximum Gasteiger partial charge on any atom is 0.232 e. The second kappa shape index (κ2) is 5.21. The minimum atomic E-state index is -0.0974. The Balaban J connectivity index is 1.59. The van der Waals surface area contributed by atoms with Gasteiger partial charge in [-0.2, -0.15) is 0 Å². The fraction of sp³-hybridized carbons (Fsp3) is 0.312. The van der Waals surface area contributed by atoms with Gasteiger partial charge in [0.2, 0.25) is 12.7 Å². The molecule has 0 spiro atoms. The molecule has 1 atom stereocenters. The molecule has 4 rings (SSSR count). The third-order valence-electron chi connectivity index (χ3n) is 4.17. The van der Waals surface area contributed by atoms with Gasteiger partial charge in [-0.05, 0) is 36.3 Å². The summed E-state index contributed by atoms with van der Waals surface area (Å²) in [5.74, 6) is 1.13. The molecule has 1 aliphatic heterocycles. The van der Waals surface area contributed by atoms with E-state index in [1.54, 1.807) is 23.5 Å². The van der Waals surface area contributed by atoms with Crippen molar-refractivity contribution in [3.63, 3.8) is 0 Å². The lowest BCUT2D eigenvalue weighted by Gasteiger charge is -2.22. The number of hydrogen-bond donors (Lipinski definition) is 2. The van der Waals surface area contributed by atoms with Gasteiger partial charge in [0, 0.05) is 17.0 Å². The predicted molar refractivity (Wildman–Crippen MR) is 85.6 cm³/mol. The fourth-order valence-corrected chi connectivity index (χ4v) is 4.03. The number of carbonyl (C=O) groups excluding carboxylic acids is 1. The van der Waals surface area contributed by atoms with Crippen LogP contribution in [-0.2, 0) is 11.2 Å². The van der Waals surface area contributed by atoms with E-state index in [1.807, 2.05) is 0 Å². The molecule has 1 aliphatic carbocycles. The number of nitrogens with two attached hydrogens (primary N) is 1. The number of amides is 1. The van der Waals surface area contributed by atoms with Gasteiger partial charge in [0.1, 0.15) is 0 Å². The SMILES string of the molecule is Nc1cc2c(cc1NC(=O)C1CCCc3sccc31)OCO2. The molecule has 0 radical (unpaired) electrons. The highest BCUT2D eigenvalue weighted by Gasteiger charge is 2.28. The molecular weight excluding hydrogens is 300 g/mol. The number of ether oxygens (including phenoxy) is 2. The lowest BCUT2D eigenvalue weighted by molar-refractivity contribution is -0.117. The molecule has 114 valence electrons. The lowest BCUT2D eigenvalue weighted by Crippen LogP contribution is -2.24. The summed E-state index contributed by atoms with van der Waals surface area (Å²) in [6, 6.07) is 5.48. The number of anilines is 2. The van der Waals surface area contributed by atoms with Crippen LogP contribution in [-0.4, -0.2) is 12.7 Å². The zero-order valence-electron chi connectivity index (χ0n) is 11.9. The number of hydrogen-bond acceptors (Lipinski definition) is 5. The van der Waals surface area contributed by atoms with Gasteiger partial charge in [-0.25, -0.2) is 0 Å². The second-order valence-corrected chi connectivity index (χ2v) is 6.53. The highest BCUT2D eigenvalue weighted by Crippen LogP contribution is 2.40. The number of carbonyl (C=O) groups is 1. The van der Waals surface area contributed by atoms with Gasteiger partial charge in [0.05, 0.1) is 17.3 Å². The number of thiophene rings is 1. The summed E-state index contributed by atoms with van der Waals surface area (Å²) in [5, 5.41) is 5.01. The molecule has 0 saturated carbocycles. The normalized spacial score (nSPS) is 18.8. The first-order valence-corrected chi connectivity index (χ1v) is 8.16. The average molecular weight is 316 g/mol. The highest BCUT2D eigenvalue weighted by molar-refractivity contribution is 7.10. The summed E-state index contributed by atoms with van der Waals surface area (Å²) in [6.07, 6.45) is 2.99. The molecule has 0 fully saturated rings.